The van der Waals surface area contributed by atoms with Crippen molar-refractivity contribution in [2.45, 2.75) is 31.3 Å². The molecule has 2 aliphatic rings. The lowest BCUT2D eigenvalue weighted by Crippen LogP contribution is -2.44. The number of anilines is 1. The van der Waals surface area contributed by atoms with Gasteiger partial charge in [-0.25, -0.2) is 0 Å². The van der Waals surface area contributed by atoms with Gasteiger partial charge in [0.15, 0.2) is 0 Å². The van der Waals surface area contributed by atoms with E-state index in [1.807, 2.05) is 12.1 Å². The lowest BCUT2D eigenvalue weighted by Gasteiger charge is -2.37. The number of nitrogens with two attached hydrogens (primary N) is 1. The Morgan fingerprint density at radius 1 is 0.952 bits per heavy atom. The standard InChI is InChI=1S/C15H22ClN3.2ClH/c16-12-1-3-14(4-2-12)18-9-6-15(7-10-18)19-8-5-13(17)11-19;;/h1-4,13,15H,5-11,17H2;2*1H. The summed E-state index contributed by atoms with van der Waals surface area (Å²) in [6, 6.07) is 9.32. The zero-order chi connectivity index (χ0) is 13.2. The van der Waals surface area contributed by atoms with Crippen LogP contribution < -0.4 is 10.6 Å². The summed E-state index contributed by atoms with van der Waals surface area (Å²) in [6.45, 7) is 4.55. The van der Waals surface area contributed by atoms with Gasteiger partial charge >= 0.3 is 0 Å². The van der Waals surface area contributed by atoms with Crippen LogP contribution in [0.15, 0.2) is 24.3 Å². The summed E-state index contributed by atoms with van der Waals surface area (Å²) in [4.78, 5) is 5.05. The Bertz CT molecular complexity index is 419. The molecule has 2 fully saturated rings. The van der Waals surface area contributed by atoms with Gasteiger partial charge in [0.1, 0.15) is 0 Å². The Morgan fingerprint density at radius 3 is 2.10 bits per heavy atom. The third-order valence-corrected chi connectivity index (χ3v) is 4.68. The number of piperidine rings is 1. The van der Waals surface area contributed by atoms with Crippen molar-refractivity contribution in [2.75, 3.05) is 31.1 Å². The molecule has 3 nitrogen and oxygen atoms in total. The lowest BCUT2D eigenvalue weighted by molar-refractivity contribution is 0.205. The lowest BCUT2D eigenvalue weighted by atomic mass is 10.0. The summed E-state index contributed by atoms with van der Waals surface area (Å²) < 4.78 is 0. The van der Waals surface area contributed by atoms with Gasteiger partial charge in [0.05, 0.1) is 0 Å². The second-order valence-corrected chi connectivity index (χ2v) is 6.17. The van der Waals surface area contributed by atoms with Crippen molar-refractivity contribution in [2.24, 2.45) is 5.73 Å². The van der Waals surface area contributed by atoms with Crippen LogP contribution in [0.1, 0.15) is 19.3 Å². The molecule has 2 heterocycles. The van der Waals surface area contributed by atoms with E-state index in [-0.39, 0.29) is 24.8 Å². The molecular formula is C15H24Cl3N3. The van der Waals surface area contributed by atoms with Gasteiger partial charge in [0.2, 0.25) is 0 Å². The molecule has 2 aliphatic heterocycles. The van der Waals surface area contributed by atoms with Crippen LogP contribution in [-0.4, -0.2) is 43.2 Å². The van der Waals surface area contributed by atoms with Crippen LogP contribution in [0, 0.1) is 0 Å². The van der Waals surface area contributed by atoms with E-state index in [0.29, 0.717) is 6.04 Å². The summed E-state index contributed by atoms with van der Waals surface area (Å²) in [5.74, 6) is 0. The SMILES string of the molecule is Cl.Cl.NC1CCN(C2CCN(c3ccc(Cl)cc3)CC2)C1. The summed E-state index contributed by atoms with van der Waals surface area (Å²) in [5.41, 5.74) is 7.29. The minimum atomic E-state index is 0. The van der Waals surface area contributed by atoms with E-state index in [1.165, 1.54) is 25.1 Å². The number of benzene rings is 1. The number of nitrogens with zero attached hydrogens (tertiary/aromatic N) is 2. The molecule has 3 rings (SSSR count). The van der Waals surface area contributed by atoms with Crippen molar-refractivity contribution < 1.29 is 0 Å². The molecule has 0 aromatic heterocycles. The van der Waals surface area contributed by atoms with E-state index < -0.39 is 0 Å². The molecular weight excluding hydrogens is 329 g/mol. The fraction of sp³-hybridized carbons (Fsp3) is 0.600. The van der Waals surface area contributed by atoms with Gasteiger partial charge in [-0.3, -0.25) is 4.90 Å². The third kappa shape index (κ3) is 4.64. The molecule has 2 N–H and O–H groups in total. The van der Waals surface area contributed by atoms with Crippen molar-refractivity contribution in [1.82, 2.24) is 4.90 Å². The van der Waals surface area contributed by atoms with E-state index in [9.17, 15) is 0 Å². The highest BCUT2D eigenvalue weighted by Gasteiger charge is 2.29. The molecule has 0 aliphatic carbocycles. The number of hydrogen-bond acceptors (Lipinski definition) is 3. The van der Waals surface area contributed by atoms with Gasteiger partial charge in [-0.05, 0) is 43.5 Å². The molecule has 1 atom stereocenters. The largest absolute Gasteiger partial charge is 0.371 e. The summed E-state index contributed by atoms with van der Waals surface area (Å²) in [5, 5.41) is 0.810. The van der Waals surface area contributed by atoms with E-state index in [4.69, 9.17) is 17.3 Å². The number of rotatable bonds is 2. The van der Waals surface area contributed by atoms with Crippen LogP contribution >= 0.6 is 36.4 Å². The van der Waals surface area contributed by atoms with Crippen LogP contribution in [0.4, 0.5) is 5.69 Å². The monoisotopic (exact) mass is 351 g/mol. The van der Waals surface area contributed by atoms with E-state index in [2.05, 4.69) is 21.9 Å². The molecule has 0 spiro atoms. The topological polar surface area (TPSA) is 32.5 Å². The van der Waals surface area contributed by atoms with Crippen molar-refractivity contribution in [3.8, 4) is 0 Å². The first-order valence-corrected chi connectivity index (χ1v) is 7.60. The fourth-order valence-electron chi connectivity index (χ4n) is 3.29. The van der Waals surface area contributed by atoms with Crippen LogP contribution in [0.25, 0.3) is 0 Å². The van der Waals surface area contributed by atoms with Crippen LogP contribution in [0.5, 0.6) is 0 Å². The van der Waals surface area contributed by atoms with E-state index >= 15 is 0 Å². The van der Waals surface area contributed by atoms with Crippen molar-refractivity contribution in [1.29, 1.82) is 0 Å². The molecule has 1 unspecified atom stereocenters. The van der Waals surface area contributed by atoms with Gasteiger partial charge in [0, 0.05) is 49.0 Å². The average Bonchev–Trinajstić information content (AvgIpc) is 2.87. The first-order valence-electron chi connectivity index (χ1n) is 7.22. The number of hydrogen-bond donors (Lipinski definition) is 1. The summed E-state index contributed by atoms with van der Waals surface area (Å²) in [6.07, 6.45) is 3.65. The quantitative estimate of drug-likeness (QED) is 0.887. The van der Waals surface area contributed by atoms with Crippen LogP contribution in [0.2, 0.25) is 5.02 Å². The zero-order valence-electron chi connectivity index (χ0n) is 12.1. The van der Waals surface area contributed by atoms with Crippen LogP contribution in [-0.2, 0) is 0 Å². The minimum absolute atomic E-state index is 0. The molecule has 0 radical (unpaired) electrons. The first-order chi connectivity index (χ1) is 9.22. The van der Waals surface area contributed by atoms with Crippen molar-refractivity contribution in [3.63, 3.8) is 0 Å². The number of halogens is 3. The smallest absolute Gasteiger partial charge is 0.0407 e. The van der Waals surface area contributed by atoms with Crippen molar-refractivity contribution in [3.05, 3.63) is 29.3 Å². The summed E-state index contributed by atoms with van der Waals surface area (Å²) in [7, 11) is 0. The molecule has 1 aromatic rings. The van der Waals surface area contributed by atoms with E-state index in [0.717, 1.165) is 37.1 Å². The Kier molecular flexibility index (Phi) is 7.58. The Balaban J connectivity index is 0.00000110. The second-order valence-electron chi connectivity index (χ2n) is 5.74. The van der Waals surface area contributed by atoms with Gasteiger partial charge in [-0.15, -0.1) is 24.8 Å². The molecule has 6 heteroatoms. The van der Waals surface area contributed by atoms with Crippen LogP contribution in [0.3, 0.4) is 0 Å². The molecule has 2 saturated heterocycles. The highest BCUT2D eigenvalue weighted by Crippen LogP contribution is 2.25. The van der Waals surface area contributed by atoms with Gasteiger partial charge < -0.3 is 10.6 Å². The molecule has 1 aromatic carbocycles. The number of likely N-dealkylation sites (tertiary alicyclic amines) is 1. The highest BCUT2D eigenvalue weighted by atomic mass is 35.5. The third-order valence-electron chi connectivity index (χ3n) is 4.43. The van der Waals surface area contributed by atoms with Gasteiger partial charge in [-0.2, -0.15) is 0 Å². The van der Waals surface area contributed by atoms with Crippen molar-refractivity contribution >= 4 is 42.1 Å². The van der Waals surface area contributed by atoms with E-state index in [1.54, 1.807) is 0 Å². The first kappa shape index (κ1) is 18.9. The molecule has 0 amide bonds. The Hall–Kier alpha value is -0.190. The average molecular weight is 353 g/mol. The minimum Gasteiger partial charge on any atom is -0.371 e. The molecule has 21 heavy (non-hydrogen) atoms. The van der Waals surface area contributed by atoms with Gasteiger partial charge in [-0.1, -0.05) is 11.6 Å². The fourth-order valence-corrected chi connectivity index (χ4v) is 3.41. The molecule has 0 saturated carbocycles. The Labute approximate surface area is 144 Å². The maximum atomic E-state index is 6.00. The molecule has 120 valence electrons. The summed E-state index contributed by atoms with van der Waals surface area (Å²) >= 11 is 5.94. The zero-order valence-corrected chi connectivity index (χ0v) is 14.5. The normalized spacial score (nSPS) is 23.5. The van der Waals surface area contributed by atoms with Gasteiger partial charge in [0.25, 0.3) is 0 Å². The molecule has 0 bridgehead atoms. The Morgan fingerprint density at radius 2 is 1.57 bits per heavy atom. The maximum absolute atomic E-state index is 6.00. The predicted molar refractivity (Wildman–Crippen MR) is 95.3 cm³/mol. The highest BCUT2D eigenvalue weighted by molar-refractivity contribution is 6.30. The second kappa shape index (κ2) is 8.44. The maximum Gasteiger partial charge on any atom is 0.0407 e. The predicted octanol–water partition coefficient (Wildman–Crippen LogP) is 3.19.